The number of amides is 1. The molecule has 2 radical (unpaired) electrons. The first-order chi connectivity index (χ1) is 12.6. The van der Waals surface area contributed by atoms with Crippen molar-refractivity contribution < 1.29 is 51.3 Å². The number of fused-ring (bicyclic) bond motifs is 5. The Balaban J connectivity index is 0.000000446. The first kappa shape index (κ1) is 28.3. The maximum atomic E-state index is 10.7. The largest absolute Gasteiger partial charge is 4.00 e. The second-order valence-electron chi connectivity index (χ2n) is 7.46. The van der Waals surface area contributed by atoms with Crippen LogP contribution in [0.3, 0.4) is 0 Å². The minimum Gasteiger partial charge on any atom is -1.00 e. The Kier molecular flexibility index (Phi) is 13.2. The molecule has 5 rings (SSSR count). The minimum atomic E-state index is -0.313. The van der Waals surface area contributed by atoms with Crippen LogP contribution in [0.2, 0.25) is 13.1 Å². The molecule has 2 aliphatic rings. The van der Waals surface area contributed by atoms with Crippen molar-refractivity contribution in [3.63, 3.8) is 0 Å². The summed E-state index contributed by atoms with van der Waals surface area (Å²) in [5, 5.41) is 5.39. The minimum absolute atomic E-state index is 0. The van der Waals surface area contributed by atoms with E-state index in [4.69, 9.17) is 5.73 Å². The normalized spacial score (nSPS) is 20.8. The first-order valence-electron chi connectivity index (χ1n) is 9.51. The molecule has 0 aliphatic heterocycles. The zero-order valence-electron chi connectivity index (χ0n) is 16.9. The van der Waals surface area contributed by atoms with E-state index in [1.165, 1.54) is 40.8 Å². The van der Waals surface area contributed by atoms with Gasteiger partial charge in [-0.2, -0.15) is 0 Å². The maximum Gasteiger partial charge on any atom is 4.00 e. The van der Waals surface area contributed by atoms with Crippen LogP contribution in [0.15, 0.2) is 54.6 Å². The van der Waals surface area contributed by atoms with Gasteiger partial charge in [0.05, 0.1) is 5.91 Å². The van der Waals surface area contributed by atoms with E-state index in [2.05, 4.69) is 67.7 Å². The Hall–Kier alpha value is -0.709. The number of rotatable bonds is 1. The number of nitrogens with one attached hydrogen (secondary N) is 1. The number of benzene rings is 2. The van der Waals surface area contributed by atoms with Crippen LogP contribution in [0.5, 0.6) is 0 Å². The summed E-state index contributed by atoms with van der Waals surface area (Å²) < 4.78 is 0. The van der Waals surface area contributed by atoms with Gasteiger partial charge in [0.2, 0.25) is 0 Å². The topological polar surface area (TPSA) is 40.9 Å². The van der Waals surface area contributed by atoms with Crippen molar-refractivity contribution in [1.82, 2.24) is 0 Å². The molecule has 2 bridgehead atoms. The zero-order valence-corrected chi connectivity index (χ0v) is 21.0. The third-order valence-electron chi connectivity index (χ3n) is 5.60. The van der Waals surface area contributed by atoms with E-state index in [0.29, 0.717) is 5.92 Å². The van der Waals surface area contributed by atoms with Crippen LogP contribution >= 0.6 is 0 Å². The molecule has 1 N–H and O–H groups in total. The van der Waals surface area contributed by atoms with Crippen LogP contribution in [0, 0.1) is 17.8 Å². The number of carbonyl (C=O) groups excluding carboxylic acids is 1. The fraction of sp³-hybridized carbons (Fsp3) is 0.391. The van der Waals surface area contributed by atoms with Crippen molar-refractivity contribution >= 4 is 37.0 Å². The molecular formula is C23H27Cl2NOSiTi. The van der Waals surface area contributed by atoms with E-state index in [-0.39, 0.29) is 58.4 Å². The van der Waals surface area contributed by atoms with E-state index >= 15 is 0 Å². The molecule has 0 heterocycles. The molecule has 0 aromatic heterocycles. The standard InChI is InChI=1S/C13H9.C8H13NO.C2H6Si.2ClH.Ti/c1-3-7-12-10(5-1)9-11-6-2-4-8-13(11)12;9-8(10)7-4-5-1-2-6(7)3-5;1-3-2;;;/h1-9H;5-7H,1-4H2,(H2,9,10);1-2H3;2*1H;/q-1;;;;;+4/p-3. The molecule has 2 aliphatic carbocycles. The monoisotopic (exact) mass is 479 g/mol. The van der Waals surface area contributed by atoms with Gasteiger partial charge in [0.1, 0.15) is 0 Å². The Morgan fingerprint density at radius 1 is 0.931 bits per heavy atom. The average molecular weight is 480 g/mol. The summed E-state index contributed by atoms with van der Waals surface area (Å²) in [6, 6.07) is 19.3. The van der Waals surface area contributed by atoms with E-state index in [1.54, 1.807) is 0 Å². The molecule has 0 spiro atoms. The van der Waals surface area contributed by atoms with Gasteiger partial charge in [-0.15, -0.1) is 39.7 Å². The van der Waals surface area contributed by atoms with Gasteiger partial charge in [0.15, 0.2) is 0 Å². The predicted octanol–water partition coefficient (Wildman–Crippen LogP) is 0.506. The van der Waals surface area contributed by atoms with E-state index in [9.17, 15) is 4.79 Å². The second-order valence-corrected chi connectivity index (χ2v) is 8.46. The van der Waals surface area contributed by atoms with Crippen LogP contribution in [-0.2, 0) is 26.5 Å². The van der Waals surface area contributed by atoms with Crippen molar-refractivity contribution in [2.24, 2.45) is 17.8 Å². The molecule has 3 aromatic rings. The van der Waals surface area contributed by atoms with Gasteiger partial charge in [0, 0.05) is 15.4 Å². The van der Waals surface area contributed by atoms with Gasteiger partial charge >= 0.3 is 21.7 Å². The molecule has 29 heavy (non-hydrogen) atoms. The van der Waals surface area contributed by atoms with Crippen LogP contribution in [-0.4, -0.2) is 15.4 Å². The van der Waals surface area contributed by atoms with E-state index in [0.717, 1.165) is 21.9 Å². The Labute approximate surface area is 204 Å². The van der Waals surface area contributed by atoms with Crippen molar-refractivity contribution in [3.05, 3.63) is 60.3 Å². The summed E-state index contributed by atoms with van der Waals surface area (Å²) >= 11 is 0. The fourth-order valence-corrected chi connectivity index (χ4v) is 4.47. The molecule has 2 fully saturated rings. The number of hydrogen-bond donors (Lipinski definition) is 0. The Bertz CT molecular complexity index is 835. The average Bonchev–Trinajstić information content (AvgIpc) is 3.36. The molecule has 6 heteroatoms. The zero-order chi connectivity index (χ0) is 18.5. The van der Waals surface area contributed by atoms with Crippen LogP contribution in [0.25, 0.3) is 27.3 Å². The molecule has 152 valence electrons. The summed E-state index contributed by atoms with van der Waals surface area (Å²) in [6.07, 6.45) is 4.77. The van der Waals surface area contributed by atoms with Crippen molar-refractivity contribution in [1.29, 1.82) is 0 Å². The van der Waals surface area contributed by atoms with Gasteiger partial charge < -0.3 is 35.3 Å². The Morgan fingerprint density at radius 3 is 1.76 bits per heavy atom. The van der Waals surface area contributed by atoms with Crippen molar-refractivity contribution in [2.75, 3.05) is 0 Å². The van der Waals surface area contributed by atoms with Crippen LogP contribution in [0.4, 0.5) is 0 Å². The predicted molar refractivity (Wildman–Crippen MR) is 113 cm³/mol. The quantitative estimate of drug-likeness (QED) is 0.370. The molecule has 2 nitrogen and oxygen atoms in total. The number of carbonyl (C=O) groups is 1. The number of hydrogen-bond acceptors (Lipinski definition) is 1. The van der Waals surface area contributed by atoms with E-state index in [1.807, 2.05) is 0 Å². The van der Waals surface area contributed by atoms with Gasteiger partial charge in [-0.1, -0.05) is 55.9 Å². The maximum absolute atomic E-state index is 10.7. The molecule has 2 saturated carbocycles. The molecule has 3 aromatic carbocycles. The van der Waals surface area contributed by atoms with Gasteiger partial charge in [-0.3, -0.25) is 0 Å². The summed E-state index contributed by atoms with van der Waals surface area (Å²) in [5.41, 5.74) is 6.99. The molecule has 3 atom stereocenters. The second kappa shape index (κ2) is 13.6. The van der Waals surface area contributed by atoms with Gasteiger partial charge in [-0.25, -0.2) is 0 Å². The smallest absolute Gasteiger partial charge is 1.00 e. The molecule has 0 saturated heterocycles. The third-order valence-corrected chi connectivity index (χ3v) is 5.60. The first-order valence-corrected chi connectivity index (χ1v) is 11.5. The van der Waals surface area contributed by atoms with E-state index < -0.39 is 0 Å². The van der Waals surface area contributed by atoms with Crippen LogP contribution in [0.1, 0.15) is 25.7 Å². The Morgan fingerprint density at radius 2 is 1.41 bits per heavy atom. The molecule has 3 unspecified atom stereocenters. The molecular weight excluding hydrogens is 453 g/mol. The summed E-state index contributed by atoms with van der Waals surface area (Å²) in [7, 11) is 1.08. The fourth-order valence-electron chi connectivity index (χ4n) is 4.47. The van der Waals surface area contributed by atoms with Crippen LogP contribution < -0.4 is 24.8 Å². The van der Waals surface area contributed by atoms with Crippen molar-refractivity contribution in [2.45, 2.75) is 38.8 Å². The third kappa shape index (κ3) is 6.90. The number of halogens is 2. The summed E-state index contributed by atoms with van der Waals surface area (Å²) in [5.74, 6) is 1.20. The van der Waals surface area contributed by atoms with Gasteiger partial charge in [-0.05, 0) is 31.1 Å². The molecule has 1 amide bonds. The van der Waals surface area contributed by atoms with Crippen molar-refractivity contribution in [3.8, 4) is 0 Å². The summed E-state index contributed by atoms with van der Waals surface area (Å²) in [6.45, 7) is 4.31. The summed E-state index contributed by atoms with van der Waals surface area (Å²) in [4.78, 5) is 10.7. The van der Waals surface area contributed by atoms with Gasteiger partial charge in [0.25, 0.3) is 0 Å². The SMILES string of the molecule is C[Si]C.[Cl-].[Cl-].[NH-]C(=O)C1CC2CCC1C2.[Ti+4].c1ccc2c(c1)[cH-]c1ccccc12.